The molecule has 84 valence electrons. The molecular weight excluding hydrogens is 242 g/mol. The smallest absolute Gasteiger partial charge is 0.184 e. The minimum absolute atomic E-state index is 0.146. The van der Waals surface area contributed by atoms with Crippen LogP contribution in [0.1, 0.15) is 12.0 Å². The summed E-state index contributed by atoms with van der Waals surface area (Å²) in [5.74, 6) is 1.21. The average Bonchev–Trinajstić information content (AvgIpc) is 2.26. The Kier molecular flexibility index (Phi) is 3.31. The molecule has 16 heavy (non-hydrogen) atoms. The van der Waals surface area contributed by atoms with Crippen LogP contribution in [0.3, 0.4) is 0 Å². The Labute approximate surface area is 103 Å². The van der Waals surface area contributed by atoms with E-state index in [2.05, 4.69) is 10.5 Å². The Morgan fingerprint density at radius 3 is 3.12 bits per heavy atom. The topological polar surface area (TPSA) is 70.6 Å². The van der Waals surface area contributed by atoms with E-state index in [1.54, 1.807) is 23.9 Å². The third-order valence-corrected chi connectivity index (χ3v) is 3.34. The maximum atomic E-state index is 9.45. The van der Waals surface area contributed by atoms with Crippen molar-refractivity contribution in [3.8, 4) is 5.75 Å². The van der Waals surface area contributed by atoms with Crippen LogP contribution in [0, 0.1) is 0 Å². The van der Waals surface area contributed by atoms with Gasteiger partial charge in [0.1, 0.15) is 5.75 Å². The number of thioether (sulfide) groups is 1. The maximum Gasteiger partial charge on any atom is 0.184 e. The monoisotopic (exact) mass is 253 g/mol. The first-order chi connectivity index (χ1) is 7.66. The summed E-state index contributed by atoms with van der Waals surface area (Å²) in [7, 11) is 0. The number of rotatable bonds is 1. The van der Waals surface area contributed by atoms with Crippen molar-refractivity contribution in [2.24, 2.45) is 10.8 Å². The summed E-state index contributed by atoms with van der Waals surface area (Å²) in [5.41, 5.74) is 9.72. The van der Waals surface area contributed by atoms with Gasteiger partial charge in [0, 0.05) is 22.6 Å². The van der Waals surface area contributed by atoms with Crippen molar-refractivity contribution in [3.05, 3.63) is 23.8 Å². The summed E-state index contributed by atoms with van der Waals surface area (Å²) in [5, 5.41) is 13.7. The lowest BCUT2D eigenvalue weighted by Gasteiger charge is -2.17. The number of nitrogens with two attached hydrogens (primary N) is 1. The molecule has 1 heterocycles. The van der Waals surface area contributed by atoms with Crippen LogP contribution >= 0.6 is 24.0 Å². The number of phenolic OH excluding ortho intramolecular Hbond substituents is 1. The van der Waals surface area contributed by atoms with Crippen LogP contribution in [0.4, 0.5) is 0 Å². The third kappa shape index (κ3) is 2.45. The molecule has 0 radical (unpaired) electrons. The molecule has 0 bridgehead atoms. The van der Waals surface area contributed by atoms with E-state index in [1.165, 1.54) is 0 Å². The number of hydrogen-bond acceptors (Lipinski definition) is 4. The van der Waals surface area contributed by atoms with Gasteiger partial charge in [0.15, 0.2) is 5.11 Å². The average molecular weight is 253 g/mol. The Morgan fingerprint density at radius 2 is 2.38 bits per heavy atom. The van der Waals surface area contributed by atoms with Gasteiger partial charge in [-0.3, -0.25) is 5.43 Å². The Balaban J connectivity index is 2.35. The van der Waals surface area contributed by atoms with Gasteiger partial charge in [-0.05, 0) is 30.4 Å². The molecule has 4 N–H and O–H groups in total. The van der Waals surface area contributed by atoms with E-state index in [4.69, 9.17) is 18.0 Å². The van der Waals surface area contributed by atoms with Crippen LogP contribution in [0.25, 0.3) is 0 Å². The number of nitrogens with zero attached hydrogens (tertiary/aromatic N) is 1. The Bertz CT molecular complexity index is 459. The molecule has 0 saturated carbocycles. The summed E-state index contributed by atoms with van der Waals surface area (Å²) >= 11 is 6.45. The van der Waals surface area contributed by atoms with Crippen molar-refractivity contribution in [1.29, 1.82) is 0 Å². The second-order valence-corrected chi connectivity index (χ2v) is 4.89. The van der Waals surface area contributed by atoms with Crippen LogP contribution in [0.15, 0.2) is 28.2 Å². The number of hydrazone groups is 1. The summed E-state index contributed by atoms with van der Waals surface area (Å²) < 4.78 is 0. The summed E-state index contributed by atoms with van der Waals surface area (Å²) in [6.07, 6.45) is 0.830. The zero-order chi connectivity index (χ0) is 11.5. The molecule has 6 heteroatoms. The van der Waals surface area contributed by atoms with Crippen molar-refractivity contribution in [2.75, 3.05) is 5.75 Å². The molecule has 1 aromatic rings. The first-order valence-electron chi connectivity index (χ1n) is 4.75. The van der Waals surface area contributed by atoms with Crippen molar-refractivity contribution >= 4 is 34.8 Å². The normalized spacial score (nSPS) is 16.9. The van der Waals surface area contributed by atoms with Gasteiger partial charge in [0.2, 0.25) is 0 Å². The van der Waals surface area contributed by atoms with Gasteiger partial charge in [0.05, 0.1) is 5.71 Å². The zero-order valence-corrected chi connectivity index (χ0v) is 10.1. The molecule has 0 aromatic heterocycles. The van der Waals surface area contributed by atoms with E-state index in [0.29, 0.717) is 0 Å². The van der Waals surface area contributed by atoms with Gasteiger partial charge < -0.3 is 10.8 Å². The highest BCUT2D eigenvalue weighted by atomic mass is 32.2. The van der Waals surface area contributed by atoms with Gasteiger partial charge >= 0.3 is 0 Å². The van der Waals surface area contributed by atoms with Gasteiger partial charge in [-0.2, -0.15) is 5.10 Å². The molecule has 4 nitrogen and oxygen atoms in total. The van der Waals surface area contributed by atoms with E-state index in [-0.39, 0.29) is 10.9 Å². The van der Waals surface area contributed by atoms with E-state index in [9.17, 15) is 5.11 Å². The van der Waals surface area contributed by atoms with Gasteiger partial charge in [-0.25, -0.2) is 0 Å². The number of fused-ring (bicyclic) bond motifs is 1. The van der Waals surface area contributed by atoms with Crippen LogP contribution in [0.5, 0.6) is 5.75 Å². The highest BCUT2D eigenvalue weighted by molar-refractivity contribution is 7.99. The molecule has 1 aliphatic rings. The lowest BCUT2D eigenvalue weighted by Crippen LogP contribution is -2.26. The molecule has 0 fully saturated rings. The van der Waals surface area contributed by atoms with Crippen LogP contribution in [-0.4, -0.2) is 21.7 Å². The van der Waals surface area contributed by atoms with Gasteiger partial charge in [0.25, 0.3) is 0 Å². The van der Waals surface area contributed by atoms with E-state index >= 15 is 0 Å². The van der Waals surface area contributed by atoms with Gasteiger partial charge in [-0.1, -0.05) is 0 Å². The zero-order valence-electron chi connectivity index (χ0n) is 8.43. The summed E-state index contributed by atoms with van der Waals surface area (Å²) in [6.45, 7) is 0. The minimum Gasteiger partial charge on any atom is -0.508 e. The molecule has 0 atom stereocenters. The fourth-order valence-corrected chi connectivity index (χ4v) is 2.56. The van der Waals surface area contributed by atoms with Crippen molar-refractivity contribution in [3.63, 3.8) is 0 Å². The molecular formula is C10H11N3OS2. The molecule has 0 unspecified atom stereocenters. The fourth-order valence-electron chi connectivity index (χ4n) is 1.50. The molecule has 0 spiro atoms. The molecule has 0 aliphatic carbocycles. The first kappa shape index (κ1) is 11.2. The van der Waals surface area contributed by atoms with E-state index in [1.807, 2.05) is 6.07 Å². The number of hydrogen-bond donors (Lipinski definition) is 3. The number of benzene rings is 1. The van der Waals surface area contributed by atoms with Crippen molar-refractivity contribution in [2.45, 2.75) is 11.3 Å². The second kappa shape index (κ2) is 4.71. The summed E-state index contributed by atoms with van der Waals surface area (Å²) in [6, 6.07) is 5.28. The van der Waals surface area contributed by atoms with Crippen molar-refractivity contribution in [1.82, 2.24) is 5.43 Å². The van der Waals surface area contributed by atoms with Crippen molar-refractivity contribution < 1.29 is 5.11 Å². The molecule has 2 rings (SSSR count). The molecule has 1 aromatic carbocycles. The second-order valence-electron chi connectivity index (χ2n) is 3.31. The van der Waals surface area contributed by atoms with E-state index < -0.39 is 0 Å². The number of phenols is 1. The minimum atomic E-state index is 0.146. The Hall–Kier alpha value is -1.27. The SMILES string of the molecule is NC(=S)N/N=C1\CCSc2ccc(O)cc21. The highest BCUT2D eigenvalue weighted by Crippen LogP contribution is 2.32. The van der Waals surface area contributed by atoms with Crippen LogP contribution < -0.4 is 11.2 Å². The molecule has 0 amide bonds. The molecule has 1 aliphatic heterocycles. The summed E-state index contributed by atoms with van der Waals surface area (Å²) in [4.78, 5) is 1.12. The standard InChI is InChI=1S/C10H11N3OS2/c11-10(15)13-12-8-3-4-16-9-2-1-6(14)5-7(8)9/h1-2,5,14H,3-4H2,(H3,11,13,15)/b12-8+. The quantitative estimate of drug-likeness (QED) is 0.521. The van der Waals surface area contributed by atoms with Crippen LogP contribution in [-0.2, 0) is 0 Å². The number of nitrogens with one attached hydrogen (secondary N) is 1. The third-order valence-electron chi connectivity index (χ3n) is 2.17. The van der Waals surface area contributed by atoms with Gasteiger partial charge in [-0.15, -0.1) is 11.8 Å². The fraction of sp³-hybridized carbons (Fsp3) is 0.200. The van der Waals surface area contributed by atoms with E-state index in [0.717, 1.165) is 28.3 Å². The highest BCUT2D eigenvalue weighted by Gasteiger charge is 2.16. The number of aromatic hydroxyl groups is 1. The largest absolute Gasteiger partial charge is 0.508 e. The molecule has 0 saturated heterocycles. The lowest BCUT2D eigenvalue weighted by atomic mass is 10.1. The maximum absolute atomic E-state index is 9.45. The van der Waals surface area contributed by atoms with Crippen LogP contribution in [0.2, 0.25) is 0 Å². The predicted octanol–water partition coefficient (Wildman–Crippen LogP) is 1.43. The lowest BCUT2D eigenvalue weighted by molar-refractivity contribution is 0.474. The Morgan fingerprint density at radius 1 is 1.56 bits per heavy atom. The predicted molar refractivity (Wildman–Crippen MR) is 69.9 cm³/mol. The first-order valence-corrected chi connectivity index (χ1v) is 6.14. The number of thiocarbonyl (C=S) groups is 1.